The molecular formula is C5H7F7O3S. The molecule has 0 aromatic carbocycles. The molecule has 1 N–H and O–H groups in total. The van der Waals surface area contributed by atoms with Crippen molar-refractivity contribution in [3.8, 4) is 0 Å². The highest BCUT2D eigenvalue weighted by Gasteiger charge is 2.64. The maximum atomic E-state index is 11.2. The van der Waals surface area contributed by atoms with Crippen molar-refractivity contribution in [1.82, 2.24) is 0 Å². The van der Waals surface area contributed by atoms with Crippen LogP contribution >= 0.6 is 0 Å². The second kappa shape index (κ2) is 5.66. The van der Waals surface area contributed by atoms with E-state index in [4.69, 9.17) is 4.55 Å². The molecule has 0 aromatic heterocycles. The Kier molecular flexibility index (Phi) is 6.30. The van der Waals surface area contributed by atoms with Crippen LogP contribution in [0.1, 0.15) is 6.92 Å². The molecule has 0 bridgehead atoms. The van der Waals surface area contributed by atoms with E-state index < -0.39 is 28.6 Å². The SMILES string of the molecule is CCS(=O)(=O)O.FC(F)C(F)(F)C(F)(F)F. The van der Waals surface area contributed by atoms with Gasteiger partial charge in [0.2, 0.25) is 0 Å². The van der Waals surface area contributed by atoms with Gasteiger partial charge in [-0.25, -0.2) is 8.78 Å². The molecule has 0 fully saturated rings. The monoisotopic (exact) mass is 280 g/mol. The molecular weight excluding hydrogens is 273 g/mol. The third kappa shape index (κ3) is 6.82. The largest absolute Gasteiger partial charge is 0.459 e. The highest BCUT2D eigenvalue weighted by Crippen LogP contribution is 2.39. The van der Waals surface area contributed by atoms with Gasteiger partial charge in [0.25, 0.3) is 10.1 Å². The van der Waals surface area contributed by atoms with Gasteiger partial charge in [0, 0.05) is 0 Å². The molecule has 0 heterocycles. The molecule has 0 amide bonds. The van der Waals surface area contributed by atoms with Gasteiger partial charge in [0.15, 0.2) is 0 Å². The van der Waals surface area contributed by atoms with Crippen molar-refractivity contribution in [2.45, 2.75) is 25.4 Å². The summed E-state index contributed by atoms with van der Waals surface area (Å²) in [6, 6.07) is 0. The zero-order valence-corrected chi connectivity index (χ0v) is 8.42. The van der Waals surface area contributed by atoms with Gasteiger partial charge in [-0.3, -0.25) is 4.55 Å². The molecule has 0 radical (unpaired) electrons. The summed E-state index contributed by atoms with van der Waals surface area (Å²) in [5.74, 6) is -6.10. The lowest BCUT2D eigenvalue weighted by Gasteiger charge is -2.17. The van der Waals surface area contributed by atoms with Crippen LogP contribution in [0, 0.1) is 0 Å². The first-order chi connectivity index (χ1) is 6.75. The van der Waals surface area contributed by atoms with Crippen LogP contribution in [0.25, 0.3) is 0 Å². The van der Waals surface area contributed by atoms with E-state index in [-0.39, 0.29) is 5.75 Å². The van der Waals surface area contributed by atoms with Gasteiger partial charge in [0.1, 0.15) is 0 Å². The van der Waals surface area contributed by atoms with Gasteiger partial charge in [-0.2, -0.15) is 30.4 Å². The lowest BCUT2D eigenvalue weighted by molar-refractivity contribution is -0.320. The van der Waals surface area contributed by atoms with Crippen molar-refractivity contribution in [2.75, 3.05) is 5.75 Å². The normalized spacial score (nSPS) is 13.4. The highest BCUT2D eigenvalue weighted by molar-refractivity contribution is 7.85. The van der Waals surface area contributed by atoms with E-state index in [1.54, 1.807) is 0 Å². The van der Waals surface area contributed by atoms with Crippen molar-refractivity contribution in [3.63, 3.8) is 0 Å². The van der Waals surface area contributed by atoms with Crippen molar-refractivity contribution >= 4 is 10.1 Å². The average Bonchev–Trinajstić information content (AvgIpc) is 2.01. The van der Waals surface area contributed by atoms with Crippen molar-refractivity contribution in [3.05, 3.63) is 0 Å². The summed E-state index contributed by atoms with van der Waals surface area (Å²) >= 11 is 0. The maximum absolute atomic E-state index is 11.2. The minimum absolute atomic E-state index is 0.201. The molecule has 0 aliphatic heterocycles. The van der Waals surface area contributed by atoms with E-state index >= 15 is 0 Å². The summed E-state index contributed by atoms with van der Waals surface area (Å²) in [5.41, 5.74) is 0. The second-order valence-corrected chi connectivity index (χ2v) is 4.03. The van der Waals surface area contributed by atoms with Crippen LogP contribution in [-0.4, -0.2) is 37.2 Å². The molecule has 0 spiro atoms. The Balaban J connectivity index is 0. The van der Waals surface area contributed by atoms with E-state index in [1.807, 2.05) is 0 Å². The molecule has 11 heteroatoms. The first kappa shape index (κ1) is 17.8. The molecule has 0 aliphatic rings. The number of hydrogen-bond acceptors (Lipinski definition) is 2. The Bertz CT molecular complexity index is 294. The molecule has 0 saturated heterocycles. The maximum Gasteiger partial charge on any atom is 0.459 e. The van der Waals surface area contributed by atoms with Crippen LogP contribution in [-0.2, 0) is 10.1 Å². The zero-order chi connectivity index (χ0) is 13.8. The lowest BCUT2D eigenvalue weighted by Crippen LogP contribution is -2.42. The molecule has 0 atom stereocenters. The van der Waals surface area contributed by atoms with Gasteiger partial charge in [-0.05, 0) is 6.92 Å². The smallest absolute Gasteiger partial charge is 0.286 e. The van der Waals surface area contributed by atoms with Gasteiger partial charge in [-0.15, -0.1) is 0 Å². The molecule has 0 aliphatic carbocycles. The topological polar surface area (TPSA) is 54.4 Å². The average molecular weight is 280 g/mol. The minimum atomic E-state index is -6.17. The van der Waals surface area contributed by atoms with Crippen LogP contribution in [0.4, 0.5) is 30.7 Å². The molecule has 100 valence electrons. The van der Waals surface area contributed by atoms with E-state index in [1.165, 1.54) is 6.92 Å². The van der Waals surface area contributed by atoms with E-state index in [0.29, 0.717) is 0 Å². The quantitative estimate of drug-likeness (QED) is 0.624. The third-order valence-electron chi connectivity index (χ3n) is 1.02. The van der Waals surface area contributed by atoms with Crippen LogP contribution in [0.2, 0.25) is 0 Å². The van der Waals surface area contributed by atoms with Gasteiger partial charge < -0.3 is 0 Å². The molecule has 0 saturated carbocycles. The molecule has 0 aromatic rings. The van der Waals surface area contributed by atoms with Crippen LogP contribution in [0.15, 0.2) is 0 Å². The Hall–Kier alpha value is -0.580. The van der Waals surface area contributed by atoms with Crippen LogP contribution in [0.3, 0.4) is 0 Å². The van der Waals surface area contributed by atoms with E-state index in [9.17, 15) is 39.2 Å². The van der Waals surface area contributed by atoms with Gasteiger partial charge in [0.05, 0.1) is 5.75 Å². The first-order valence-electron chi connectivity index (χ1n) is 3.43. The molecule has 0 unspecified atom stereocenters. The standard InChI is InChI=1S/C3HF7.C2H6O3S/c4-1(5)2(6,7)3(8,9)10;1-2-6(3,4)5/h1H;2H2,1H3,(H,3,4,5). The number of alkyl halides is 7. The summed E-state index contributed by atoms with van der Waals surface area (Å²) in [4.78, 5) is 0. The first-order valence-corrected chi connectivity index (χ1v) is 5.04. The Morgan fingerprint density at radius 2 is 1.38 bits per heavy atom. The van der Waals surface area contributed by atoms with Gasteiger partial charge >= 0.3 is 18.5 Å². The Labute approximate surface area is 86.0 Å². The zero-order valence-electron chi connectivity index (χ0n) is 7.60. The van der Waals surface area contributed by atoms with Crippen molar-refractivity contribution in [1.29, 1.82) is 0 Å². The number of halogens is 7. The third-order valence-corrected chi connectivity index (χ3v) is 1.75. The van der Waals surface area contributed by atoms with Crippen LogP contribution < -0.4 is 0 Å². The van der Waals surface area contributed by atoms with Crippen molar-refractivity contribution in [2.24, 2.45) is 0 Å². The lowest BCUT2D eigenvalue weighted by atomic mass is 10.3. The fourth-order valence-electron chi connectivity index (χ4n) is 0.124. The molecule has 0 rings (SSSR count). The van der Waals surface area contributed by atoms with Crippen LogP contribution in [0.5, 0.6) is 0 Å². The minimum Gasteiger partial charge on any atom is -0.286 e. The number of hydrogen-bond donors (Lipinski definition) is 1. The Morgan fingerprint density at radius 1 is 1.12 bits per heavy atom. The fraction of sp³-hybridized carbons (Fsp3) is 1.00. The van der Waals surface area contributed by atoms with Crippen molar-refractivity contribution < 1.29 is 43.7 Å². The highest BCUT2D eigenvalue weighted by atomic mass is 32.2. The summed E-state index contributed by atoms with van der Waals surface area (Å²) in [6.45, 7) is 1.37. The summed E-state index contributed by atoms with van der Waals surface area (Å²) in [5, 5.41) is 0. The molecule has 3 nitrogen and oxygen atoms in total. The second-order valence-electron chi connectivity index (χ2n) is 2.29. The Morgan fingerprint density at radius 3 is 1.38 bits per heavy atom. The van der Waals surface area contributed by atoms with E-state index in [2.05, 4.69) is 0 Å². The fourth-order valence-corrected chi connectivity index (χ4v) is 0.124. The predicted molar refractivity (Wildman–Crippen MR) is 39.1 cm³/mol. The summed E-state index contributed by atoms with van der Waals surface area (Å²) < 4.78 is 104. The van der Waals surface area contributed by atoms with Gasteiger partial charge in [-0.1, -0.05) is 0 Å². The summed E-state index contributed by atoms with van der Waals surface area (Å²) in [7, 11) is -3.66. The summed E-state index contributed by atoms with van der Waals surface area (Å²) in [6.07, 6.45) is -10.9. The number of rotatable bonds is 2. The predicted octanol–water partition coefficient (Wildman–Crippen LogP) is 2.34. The van der Waals surface area contributed by atoms with E-state index in [0.717, 1.165) is 0 Å². The molecule has 16 heavy (non-hydrogen) atoms.